The first-order valence-corrected chi connectivity index (χ1v) is 11.1. The molecule has 0 spiro atoms. The summed E-state index contributed by atoms with van der Waals surface area (Å²) in [5.74, 6) is 0. The summed E-state index contributed by atoms with van der Waals surface area (Å²) in [5, 5.41) is 6.86. The Morgan fingerprint density at radius 2 is 1.12 bits per heavy atom. The van der Waals surface area contributed by atoms with E-state index in [9.17, 15) is 0 Å². The normalized spacial score (nSPS) is 10.9. The Balaban J connectivity index is 1.49. The fourth-order valence-electron chi connectivity index (χ4n) is 3.65. The summed E-state index contributed by atoms with van der Waals surface area (Å²) in [6.45, 7) is 4.78. The van der Waals surface area contributed by atoms with Crippen molar-refractivity contribution in [3.8, 4) is 0 Å². The van der Waals surface area contributed by atoms with Gasteiger partial charge in [0.2, 0.25) is 0 Å². The molecule has 0 N–H and O–H groups in total. The van der Waals surface area contributed by atoms with Crippen LogP contribution >= 0.6 is 0 Å². The van der Waals surface area contributed by atoms with Gasteiger partial charge in [-0.25, -0.2) is 0 Å². The Bertz CT molecular complexity index is 1090. The summed E-state index contributed by atoms with van der Waals surface area (Å²) in [5.41, 5.74) is 5.92. The highest BCUT2D eigenvalue weighted by Crippen LogP contribution is 2.19. The number of hydrogen-bond donors (Lipinski definition) is 0. The molecule has 32 heavy (non-hydrogen) atoms. The number of rotatable bonds is 9. The maximum absolute atomic E-state index is 4.82. The van der Waals surface area contributed by atoms with Crippen LogP contribution in [0.4, 0.5) is 11.4 Å². The van der Waals surface area contributed by atoms with Gasteiger partial charge in [-0.1, -0.05) is 91.0 Å². The SMILES string of the molecule is CCN(Cc1ccccc1)c1ccc(C=NN(Cc2ccccc2)c2ccccc2)cc1. The van der Waals surface area contributed by atoms with Gasteiger partial charge in [0.1, 0.15) is 0 Å². The van der Waals surface area contributed by atoms with E-state index < -0.39 is 0 Å². The van der Waals surface area contributed by atoms with Gasteiger partial charge in [-0.15, -0.1) is 0 Å². The Morgan fingerprint density at radius 3 is 1.69 bits per heavy atom. The maximum Gasteiger partial charge on any atom is 0.0666 e. The second kappa shape index (κ2) is 11.0. The minimum absolute atomic E-state index is 0.722. The number of hydrogen-bond acceptors (Lipinski definition) is 3. The van der Waals surface area contributed by atoms with E-state index in [0.29, 0.717) is 0 Å². The Hall–Kier alpha value is -3.85. The first-order chi connectivity index (χ1) is 15.8. The molecule has 0 aliphatic carbocycles. The van der Waals surface area contributed by atoms with Crippen molar-refractivity contribution in [2.45, 2.75) is 20.0 Å². The Kier molecular flexibility index (Phi) is 7.33. The zero-order valence-electron chi connectivity index (χ0n) is 18.5. The van der Waals surface area contributed by atoms with Gasteiger partial charge in [0, 0.05) is 18.8 Å². The van der Waals surface area contributed by atoms with E-state index in [1.165, 1.54) is 16.8 Å². The lowest BCUT2D eigenvalue weighted by molar-refractivity contribution is 0.832. The first kappa shape index (κ1) is 21.4. The summed E-state index contributed by atoms with van der Waals surface area (Å²) in [6, 6.07) is 40.0. The lowest BCUT2D eigenvalue weighted by atomic mass is 10.1. The van der Waals surface area contributed by atoms with Crippen LogP contribution in [-0.2, 0) is 13.1 Å². The molecule has 160 valence electrons. The molecule has 4 aromatic carbocycles. The standard InChI is InChI=1S/C29H29N3/c1-2-31(23-26-12-6-3-7-13-26)28-20-18-25(19-21-28)22-30-32(29-16-10-5-11-17-29)24-27-14-8-4-9-15-27/h3-22H,2,23-24H2,1H3. The van der Waals surface area contributed by atoms with E-state index in [2.05, 4.69) is 103 Å². The topological polar surface area (TPSA) is 18.8 Å². The largest absolute Gasteiger partial charge is 0.367 e. The third kappa shape index (κ3) is 5.86. The molecule has 0 saturated heterocycles. The molecule has 0 aromatic heterocycles. The number of hydrazone groups is 1. The molecule has 4 rings (SSSR count). The van der Waals surface area contributed by atoms with Crippen molar-refractivity contribution >= 4 is 17.6 Å². The summed E-state index contributed by atoms with van der Waals surface area (Å²) < 4.78 is 0. The van der Waals surface area contributed by atoms with Crippen molar-refractivity contribution in [1.82, 2.24) is 0 Å². The molecule has 0 aliphatic heterocycles. The summed E-state index contributed by atoms with van der Waals surface area (Å²) in [7, 11) is 0. The van der Waals surface area contributed by atoms with Crippen LogP contribution in [0.2, 0.25) is 0 Å². The second-order valence-corrected chi connectivity index (χ2v) is 7.71. The highest BCUT2D eigenvalue weighted by molar-refractivity contribution is 5.81. The summed E-state index contributed by atoms with van der Waals surface area (Å²) in [4.78, 5) is 2.38. The van der Waals surface area contributed by atoms with Gasteiger partial charge in [-0.05, 0) is 47.9 Å². The van der Waals surface area contributed by atoms with Crippen molar-refractivity contribution in [2.75, 3.05) is 16.5 Å². The van der Waals surface area contributed by atoms with Crippen molar-refractivity contribution in [3.63, 3.8) is 0 Å². The Labute approximate surface area is 191 Å². The average molecular weight is 420 g/mol. The minimum Gasteiger partial charge on any atom is -0.367 e. The van der Waals surface area contributed by atoms with Crippen LogP contribution < -0.4 is 9.91 Å². The van der Waals surface area contributed by atoms with Crippen molar-refractivity contribution in [2.24, 2.45) is 5.10 Å². The van der Waals surface area contributed by atoms with Gasteiger partial charge >= 0.3 is 0 Å². The molecular weight excluding hydrogens is 390 g/mol. The molecule has 0 unspecified atom stereocenters. The number of anilines is 2. The van der Waals surface area contributed by atoms with Gasteiger partial charge in [0.25, 0.3) is 0 Å². The van der Waals surface area contributed by atoms with Crippen LogP contribution in [0.5, 0.6) is 0 Å². The molecule has 0 radical (unpaired) electrons. The van der Waals surface area contributed by atoms with Crippen LogP contribution in [0.1, 0.15) is 23.6 Å². The fourth-order valence-corrected chi connectivity index (χ4v) is 3.65. The van der Waals surface area contributed by atoms with Crippen LogP contribution in [0.25, 0.3) is 0 Å². The number of para-hydroxylation sites is 1. The van der Waals surface area contributed by atoms with E-state index in [1.54, 1.807) is 0 Å². The van der Waals surface area contributed by atoms with Crippen molar-refractivity contribution in [1.29, 1.82) is 0 Å². The minimum atomic E-state index is 0.722. The molecule has 0 amide bonds. The molecule has 0 atom stereocenters. The fraction of sp³-hybridized carbons (Fsp3) is 0.138. The van der Waals surface area contributed by atoms with Gasteiger partial charge in [-0.3, -0.25) is 5.01 Å². The Morgan fingerprint density at radius 1 is 0.594 bits per heavy atom. The molecule has 4 aromatic rings. The predicted molar refractivity (Wildman–Crippen MR) is 136 cm³/mol. The lowest BCUT2D eigenvalue weighted by Gasteiger charge is -2.23. The number of nitrogens with zero attached hydrogens (tertiary/aromatic N) is 3. The lowest BCUT2D eigenvalue weighted by Crippen LogP contribution is -2.21. The highest BCUT2D eigenvalue weighted by atomic mass is 15.4. The first-order valence-electron chi connectivity index (χ1n) is 11.1. The highest BCUT2D eigenvalue weighted by Gasteiger charge is 2.07. The zero-order valence-corrected chi connectivity index (χ0v) is 18.5. The van der Waals surface area contributed by atoms with E-state index in [-0.39, 0.29) is 0 Å². The molecule has 0 heterocycles. The third-order valence-electron chi connectivity index (χ3n) is 5.43. The molecule has 0 bridgehead atoms. The number of benzene rings is 4. The molecule has 0 saturated carbocycles. The molecule has 3 nitrogen and oxygen atoms in total. The monoisotopic (exact) mass is 419 g/mol. The van der Waals surface area contributed by atoms with E-state index in [1.807, 2.05) is 35.5 Å². The van der Waals surface area contributed by atoms with Crippen molar-refractivity contribution < 1.29 is 0 Å². The second-order valence-electron chi connectivity index (χ2n) is 7.71. The smallest absolute Gasteiger partial charge is 0.0666 e. The molecule has 0 aliphatic rings. The van der Waals surface area contributed by atoms with Crippen LogP contribution in [0.3, 0.4) is 0 Å². The van der Waals surface area contributed by atoms with Crippen LogP contribution in [0.15, 0.2) is 120 Å². The van der Waals surface area contributed by atoms with E-state index >= 15 is 0 Å². The van der Waals surface area contributed by atoms with Gasteiger partial charge in [-0.2, -0.15) is 5.10 Å². The predicted octanol–water partition coefficient (Wildman–Crippen LogP) is 6.75. The third-order valence-corrected chi connectivity index (χ3v) is 5.43. The van der Waals surface area contributed by atoms with Gasteiger partial charge in [0.05, 0.1) is 18.4 Å². The molecule has 0 fully saturated rings. The van der Waals surface area contributed by atoms with Crippen LogP contribution in [-0.4, -0.2) is 12.8 Å². The van der Waals surface area contributed by atoms with Crippen LogP contribution in [0, 0.1) is 0 Å². The molecular formula is C29H29N3. The van der Waals surface area contributed by atoms with E-state index in [4.69, 9.17) is 5.10 Å². The van der Waals surface area contributed by atoms with E-state index in [0.717, 1.165) is 30.9 Å². The van der Waals surface area contributed by atoms with Crippen molar-refractivity contribution in [3.05, 3.63) is 132 Å². The van der Waals surface area contributed by atoms with Gasteiger partial charge in [0.15, 0.2) is 0 Å². The summed E-state index contributed by atoms with van der Waals surface area (Å²) in [6.07, 6.45) is 1.94. The quantitative estimate of drug-likeness (QED) is 0.221. The summed E-state index contributed by atoms with van der Waals surface area (Å²) >= 11 is 0. The maximum atomic E-state index is 4.82. The zero-order chi connectivity index (χ0) is 22.0. The average Bonchev–Trinajstić information content (AvgIpc) is 2.87. The van der Waals surface area contributed by atoms with Gasteiger partial charge < -0.3 is 4.90 Å². The molecule has 3 heteroatoms.